The summed E-state index contributed by atoms with van der Waals surface area (Å²) in [5.74, 6) is 2.04. The number of nitrogens with zero attached hydrogens (tertiary/aromatic N) is 2. The van der Waals surface area contributed by atoms with Crippen LogP contribution in [-0.2, 0) is 10.0 Å². The summed E-state index contributed by atoms with van der Waals surface area (Å²) in [6.45, 7) is 6.13. The predicted octanol–water partition coefficient (Wildman–Crippen LogP) is 0.486. The van der Waals surface area contributed by atoms with Gasteiger partial charge in [-0.25, -0.2) is 23.1 Å². The summed E-state index contributed by atoms with van der Waals surface area (Å²) in [6.07, 6.45) is 0. The lowest BCUT2D eigenvalue weighted by molar-refractivity contribution is 0.584. The lowest BCUT2D eigenvalue weighted by Crippen LogP contribution is -2.29. The third-order valence-corrected chi connectivity index (χ3v) is 3.99. The minimum atomic E-state index is -3.21. The summed E-state index contributed by atoms with van der Waals surface area (Å²) in [4.78, 5) is 8.51. The zero-order chi connectivity index (χ0) is 14.5. The van der Waals surface area contributed by atoms with Crippen molar-refractivity contribution >= 4 is 21.7 Å². The molecule has 0 aromatic carbocycles. The summed E-state index contributed by atoms with van der Waals surface area (Å²) >= 11 is 0. The Morgan fingerprint density at radius 1 is 1.16 bits per heavy atom. The molecule has 1 aromatic heterocycles. The van der Waals surface area contributed by atoms with Gasteiger partial charge in [0, 0.05) is 25.7 Å². The van der Waals surface area contributed by atoms with E-state index in [-0.39, 0.29) is 5.75 Å². The first kappa shape index (κ1) is 15.6. The van der Waals surface area contributed by atoms with E-state index >= 15 is 0 Å². The van der Waals surface area contributed by atoms with Gasteiger partial charge in [0.2, 0.25) is 10.0 Å². The maximum absolute atomic E-state index is 11.5. The van der Waals surface area contributed by atoms with Gasteiger partial charge in [-0.05, 0) is 13.8 Å². The van der Waals surface area contributed by atoms with Crippen molar-refractivity contribution in [2.45, 2.75) is 20.8 Å². The zero-order valence-electron chi connectivity index (χ0n) is 11.7. The van der Waals surface area contributed by atoms with E-state index in [1.807, 2.05) is 6.92 Å². The standard InChI is InChI=1S/C11H21N5O2S/c1-5-14-19(17,18)7-6-13-11-8(2)10(12-4)15-9(3)16-11/h14H,5-7H2,1-4H3,(H2,12,13,15,16). The van der Waals surface area contributed by atoms with Gasteiger partial charge in [-0.1, -0.05) is 6.92 Å². The number of hydrogen-bond donors (Lipinski definition) is 3. The lowest BCUT2D eigenvalue weighted by Gasteiger charge is -2.12. The third kappa shape index (κ3) is 4.64. The van der Waals surface area contributed by atoms with Crippen molar-refractivity contribution in [3.05, 3.63) is 11.4 Å². The van der Waals surface area contributed by atoms with Crippen LogP contribution in [0.15, 0.2) is 0 Å². The van der Waals surface area contributed by atoms with Gasteiger partial charge in [0.05, 0.1) is 5.75 Å². The average Bonchev–Trinajstić information content (AvgIpc) is 2.32. The fraction of sp³-hybridized carbons (Fsp3) is 0.636. The third-order valence-electron chi connectivity index (χ3n) is 2.52. The largest absolute Gasteiger partial charge is 0.373 e. The fourth-order valence-electron chi connectivity index (χ4n) is 1.64. The van der Waals surface area contributed by atoms with Crippen LogP contribution in [0.25, 0.3) is 0 Å². The number of nitrogens with one attached hydrogen (secondary N) is 3. The number of aryl methyl sites for hydroxylation is 1. The number of sulfonamides is 1. The first-order chi connectivity index (χ1) is 8.89. The molecule has 0 saturated carbocycles. The molecule has 0 radical (unpaired) electrons. The van der Waals surface area contributed by atoms with E-state index in [1.165, 1.54) is 0 Å². The topological polar surface area (TPSA) is 96.0 Å². The smallest absolute Gasteiger partial charge is 0.213 e. The molecule has 108 valence electrons. The van der Waals surface area contributed by atoms with Crippen LogP contribution in [0, 0.1) is 13.8 Å². The van der Waals surface area contributed by atoms with Crippen molar-refractivity contribution in [1.29, 1.82) is 0 Å². The Labute approximate surface area is 114 Å². The van der Waals surface area contributed by atoms with Crippen molar-refractivity contribution in [1.82, 2.24) is 14.7 Å². The van der Waals surface area contributed by atoms with E-state index in [0.717, 1.165) is 11.4 Å². The molecule has 1 heterocycles. The molecule has 0 saturated heterocycles. The van der Waals surface area contributed by atoms with Gasteiger partial charge in [-0.15, -0.1) is 0 Å². The number of rotatable bonds is 7. The van der Waals surface area contributed by atoms with Crippen molar-refractivity contribution in [2.24, 2.45) is 0 Å². The average molecular weight is 287 g/mol. The second-order valence-electron chi connectivity index (χ2n) is 4.09. The molecule has 0 unspecified atom stereocenters. The highest BCUT2D eigenvalue weighted by Gasteiger charge is 2.11. The molecule has 0 bridgehead atoms. The summed E-state index contributed by atoms with van der Waals surface area (Å²) in [5, 5.41) is 6.01. The number of hydrogen-bond acceptors (Lipinski definition) is 6. The van der Waals surface area contributed by atoms with Crippen LogP contribution in [0.3, 0.4) is 0 Å². The summed E-state index contributed by atoms with van der Waals surface area (Å²) in [6, 6.07) is 0. The van der Waals surface area contributed by atoms with E-state index in [2.05, 4.69) is 25.3 Å². The van der Waals surface area contributed by atoms with Crippen LogP contribution in [0.1, 0.15) is 18.3 Å². The Bertz CT molecular complexity index is 530. The maximum Gasteiger partial charge on any atom is 0.213 e. The van der Waals surface area contributed by atoms with Crippen LogP contribution in [-0.4, -0.2) is 44.3 Å². The van der Waals surface area contributed by atoms with Gasteiger partial charge in [-0.2, -0.15) is 0 Å². The van der Waals surface area contributed by atoms with Crippen LogP contribution in [0.4, 0.5) is 11.6 Å². The van der Waals surface area contributed by atoms with E-state index < -0.39 is 10.0 Å². The zero-order valence-corrected chi connectivity index (χ0v) is 12.6. The highest BCUT2D eigenvalue weighted by molar-refractivity contribution is 7.89. The van der Waals surface area contributed by atoms with Crippen molar-refractivity contribution in [3.8, 4) is 0 Å². The molecule has 0 fully saturated rings. The SMILES string of the molecule is CCNS(=O)(=O)CCNc1nc(C)nc(NC)c1C. The Morgan fingerprint density at radius 3 is 2.37 bits per heavy atom. The van der Waals surface area contributed by atoms with E-state index in [4.69, 9.17) is 0 Å². The predicted molar refractivity (Wildman–Crippen MR) is 77.0 cm³/mol. The van der Waals surface area contributed by atoms with E-state index in [1.54, 1.807) is 20.9 Å². The van der Waals surface area contributed by atoms with Gasteiger partial charge >= 0.3 is 0 Å². The number of anilines is 2. The van der Waals surface area contributed by atoms with Gasteiger partial charge in [0.1, 0.15) is 17.5 Å². The maximum atomic E-state index is 11.5. The molecule has 0 amide bonds. The van der Waals surface area contributed by atoms with Crippen LogP contribution in [0.5, 0.6) is 0 Å². The highest BCUT2D eigenvalue weighted by atomic mass is 32.2. The molecular weight excluding hydrogens is 266 g/mol. The van der Waals surface area contributed by atoms with Crippen LogP contribution < -0.4 is 15.4 Å². The second-order valence-corrected chi connectivity index (χ2v) is 6.01. The Morgan fingerprint density at radius 2 is 1.79 bits per heavy atom. The molecule has 8 heteroatoms. The molecule has 0 spiro atoms. The molecular formula is C11H21N5O2S. The van der Waals surface area contributed by atoms with Crippen molar-refractivity contribution in [3.63, 3.8) is 0 Å². The van der Waals surface area contributed by atoms with Crippen LogP contribution in [0.2, 0.25) is 0 Å². The fourth-order valence-corrected chi connectivity index (χ4v) is 2.59. The van der Waals surface area contributed by atoms with Gasteiger partial charge < -0.3 is 10.6 Å². The molecule has 0 aliphatic heterocycles. The molecule has 19 heavy (non-hydrogen) atoms. The van der Waals surface area contributed by atoms with Crippen molar-refractivity contribution in [2.75, 3.05) is 36.5 Å². The molecule has 0 aliphatic carbocycles. The second kappa shape index (κ2) is 6.67. The normalized spacial score (nSPS) is 11.4. The van der Waals surface area contributed by atoms with Crippen molar-refractivity contribution < 1.29 is 8.42 Å². The Balaban J connectivity index is 2.71. The van der Waals surface area contributed by atoms with Gasteiger partial charge in [0.15, 0.2) is 0 Å². The summed E-state index contributed by atoms with van der Waals surface area (Å²) in [7, 11) is -1.43. The lowest BCUT2D eigenvalue weighted by atomic mass is 10.3. The highest BCUT2D eigenvalue weighted by Crippen LogP contribution is 2.18. The Kier molecular flexibility index (Phi) is 5.49. The molecule has 1 rings (SSSR count). The molecule has 1 aromatic rings. The number of aromatic nitrogens is 2. The minimum Gasteiger partial charge on any atom is -0.373 e. The summed E-state index contributed by atoms with van der Waals surface area (Å²) in [5.41, 5.74) is 0.869. The molecule has 7 nitrogen and oxygen atoms in total. The first-order valence-electron chi connectivity index (χ1n) is 6.13. The minimum absolute atomic E-state index is 0.0121. The summed E-state index contributed by atoms with van der Waals surface area (Å²) < 4.78 is 25.4. The molecule has 3 N–H and O–H groups in total. The van der Waals surface area contributed by atoms with Gasteiger partial charge in [0.25, 0.3) is 0 Å². The van der Waals surface area contributed by atoms with E-state index in [0.29, 0.717) is 24.7 Å². The Hall–Kier alpha value is -1.41. The quantitative estimate of drug-likeness (QED) is 0.675. The van der Waals surface area contributed by atoms with Crippen LogP contribution >= 0.6 is 0 Å². The molecule has 0 atom stereocenters. The van der Waals surface area contributed by atoms with E-state index in [9.17, 15) is 8.42 Å². The first-order valence-corrected chi connectivity index (χ1v) is 7.79. The van der Waals surface area contributed by atoms with Gasteiger partial charge in [-0.3, -0.25) is 0 Å². The molecule has 0 aliphatic rings. The monoisotopic (exact) mass is 287 g/mol.